The smallest absolute Gasteiger partial charge is 0.138 e. The minimum atomic E-state index is -0.344. The lowest BCUT2D eigenvalue weighted by Gasteiger charge is -2.04. The second kappa shape index (κ2) is 5.18. The van der Waals surface area contributed by atoms with Crippen molar-refractivity contribution in [2.45, 2.75) is 6.10 Å². The molecule has 0 radical (unpaired) electrons. The predicted octanol–water partition coefficient (Wildman–Crippen LogP) is 3.14. The Morgan fingerprint density at radius 1 is 1.59 bits per heavy atom. The zero-order chi connectivity index (χ0) is 12.3. The Morgan fingerprint density at radius 3 is 3.12 bits per heavy atom. The van der Waals surface area contributed by atoms with E-state index >= 15 is 0 Å². The van der Waals surface area contributed by atoms with E-state index in [0.717, 1.165) is 0 Å². The average Bonchev–Trinajstić information content (AvgIpc) is 2.79. The van der Waals surface area contributed by atoms with Gasteiger partial charge >= 0.3 is 0 Å². The summed E-state index contributed by atoms with van der Waals surface area (Å²) >= 11 is 3.08. The summed E-state index contributed by atoms with van der Waals surface area (Å²) < 4.78 is 13.7. The van der Waals surface area contributed by atoms with Gasteiger partial charge in [-0.05, 0) is 39.7 Å². The maximum atomic E-state index is 13.3. The first kappa shape index (κ1) is 11.9. The molecule has 1 aromatic carbocycles. The highest BCUT2D eigenvalue weighted by atomic mass is 79.9. The molecule has 0 bridgehead atoms. The zero-order valence-corrected chi connectivity index (χ0v) is 10.2. The number of halogens is 2. The molecule has 1 aliphatic heterocycles. The van der Waals surface area contributed by atoms with E-state index < -0.39 is 0 Å². The van der Waals surface area contributed by atoms with Gasteiger partial charge in [0.2, 0.25) is 0 Å². The minimum absolute atomic E-state index is 0.200. The van der Waals surface area contributed by atoms with Gasteiger partial charge in [0.25, 0.3) is 0 Å². The van der Waals surface area contributed by atoms with Crippen LogP contribution >= 0.6 is 15.9 Å². The van der Waals surface area contributed by atoms with Crippen molar-refractivity contribution in [2.75, 3.05) is 6.54 Å². The van der Waals surface area contributed by atoms with Gasteiger partial charge in [0.05, 0.1) is 16.7 Å². The van der Waals surface area contributed by atoms with Crippen molar-refractivity contribution in [1.29, 1.82) is 0 Å². The molecule has 1 aromatic rings. The first-order valence-electron chi connectivity index (χ1n) is 4.80. The molecule has 0 spiro atoms. The maximum absolute atomic E-state index is 13.3. The van der Waals surface area contributed by atoms with Crippen molar-refractivity contribution in [2.24, 2.45) is 5.11 Å². The molecule has 1 N–H and O–H groups in total. The lowest BCUT2D eigenvalue weighted by molar-refractivity contribution is 0.0568. The summed E-state index contributed by atoms with van der Waals surface area (Å²) in [5.41, 5.74) is 12.2. The summed E-state index contributed by atoms with van der Waals surface area (Å²) in [4.78, 5) is 7.79. The molecule has 17 heavy (non-hydrogen) atoms. The molecule has 1 unspecified atom stereocenters. The van der Waals surface area contributed by atoms with Crippen LogP contribution in [-0.4, -0.2) is 12.6 Å². The SMILES string of the molecule is [N-]=[N+]=NCC1C=C(c2ccc(Br)c(F)c2)NO1. The molecule has 0 amide bonds. The quantitative estimate of drug-likeness (QED) is 0.529. The predicted molar refractivity (Wildman–Crippen MR) is 64.1 cm³/mol. The first-order valence-corrected chi connectivity index (χ1v) is 5.60. The van der Waals surface area contributed by atoms with E-state index in [-0.39, 0.29) is 18.5 Å². The Kier molecular flexibility index (Phi) is 3.63. The van der Waals surface area contributed by atoms with Crippen molar-refractivity contribution in [1.82, 2.24) is 5.48 Å². The van der Waals surface area contributed by atoms with E-state index in [1.54, 1.807) is 18.2 Å². The lowest BCUT2D eigenvalue weighted by Crippen LogP contribution is -2.14. The third kappa shape index (κ3) is 2.76. The van der Waals surface area contributed by atoms with Crippen molar-refractivity contribution >= 4 is 21.6 Å². The van der Waals surface area contributed by atoms with Gasteiger partial charge in [-0.2, -0.15) is 0 Å². The maximum Gasteiger partial charge on any atom is 0.138 e. The van der Waals surface area contributed by atoms with Gasteiger partial charge < -0.3 is 0 Å². The highest BCUT2D eigenvalue weighted by Crippen LogP contribution is 2.23. The minimum Gasteiger partial charge on any atom is -0.268 e. The highest BCUT2D eigenvalue weighted by molar-refractivity contribution is 9.10. The van der Waals surface area contributed by atoms with Gasteiger partial charge in [0.1, 0.15) is 11.9 Å². The van der Waals surface area contributed by atoms with Crippen LogP contribution < -0.4 is 5.48 Å². The van der Waals surface area contributed by atoms with Gasteiger partial charge in [-0.1, -0.05) is 11.2 Å². The van der Waals surface area contributed by atoms with Crippen LogP contribution in [0.5, 0.6) is 0 Å². The fourth-order valence-electron chi connectivity index (χ4n) is 1.42. The average molecular weight is 299 g/mol. The van der Waals surface area contributed by atoms with Gasteiger partial charge in [0.15, 0.2) is 0 Å². The molecule has 1 aliphatic rings. The monoisotopic (exact) mass is 298 g/mol. The van der Waals surface area contributed by atoms with Crippen LogP contribution in [0, 0.1) is 5.82 Å². The van der Waals surface area contributed by atoms with Crippen LogP contribution in [-0.2, 0) is 4.84 Å². The number of azide groups is 1. The summed E-state index contributed by atoms with van der Waals surface area (Å²) in [6.45, 7) is 0.200. The Labute approximate surface area is 105 Å². The standard InChI is InChI=1S/C10H8BrFN4O/c11-8-2-1-6(3-9(8)12)10-4-7(17-15-10)5-14-16-13/h1-4,7,15H,5H2. The molecule has 88 valence electrons. The van der Waals surface area contributed by atoms with E-state index in [9.17, 15) is 4.39 Å². The number of rotatable bonds is 3. The molecule has 0 fully saturated rings. The molecular weight excluding hydrogens is 291 g/mol. The summed E-state index contributed by atoms with van der Waals surface area (Å²) in [6.07, 6.45) is 1.42. The van der Waals surface area contributed by atoms with Crippen molar-refractivity contribution < 1.29 is 9.23 Å². The van der Waals surface area contributed by atoms with E-state index in [0.29, 0.717) is 15.7 Å². The molecule has 5 nitrogen and oxygen atoms in total. The molecule has 0 saturated heterocycles. The number of hydrogen-bond acceptors (Lipinski definition) is 3. The van der Waals surface area contributed by atoms with E-state index in [1.165, 1.54) is 6.07 Å². The molecule has 1 heterocycles. The van der Waals surface area contributed by atoms with Crippen LogP contribution in [0.4, 0.5) is 4.39 Å². The fraction of sp³-hybridized carbons (Fsp3) is 0.200. The number of hydrogen-bond donors (Lipinski definition) is 1. The molecule has 0 aliphatic carbocycles. The van der Waals surface area contributed by atoms with E-state index in [4.69, 9.17) is 10.4 Å². The summed E-state index contributed by atoms with van der Waals surface area (Å²) in [5, 5.41) is 3.40. The van der Waals surface area contributed by atoms with Gasteiger partial charge in [-0.3, -0.25) is 10.3 Å². The highest BCUT2D eigenvalue weighted by Gasteiger charge is 2.17. The van der Waals surface area contributed by atoms with Gasteiger partial charge in [0, 0.05) is 10.5 Å². The van der Waals surface area contributed by atoms with Crippen molar-refractivity contribution in [3.8, 4) is 0 Å². The normalized spacial score (nSPS) is 18.2. The van der Waals surface area contributed by atoms with Crippen molar-refractivity contribution in [3.05, 3.63) is 50.6 Å². The second-order valence-electron chi connectivity index (χ2n) is 3.38. The molecular formula is C10H8BrFN4O. The first-order chi connectivity index (χ1) is 8.20. The largest absolute Gasteiger partial charge is 0.268 e. The van der Waals surface area contributed by atoms with Gasteiger partial charge in [-0.15, -0.1) is 0 Å². The Balaban J connectivity index is 2.17. The number of benzene rings is 1. The summed E-state index contributed by atoms with van der Waals surface area (Å²) in [7, 11) is 0. The number of nitrogens with zero attached hydrogens (tertiary/aromatic N) is 3. The zero-order valence-electron chi connectivity index (χ0n) is 8.60. The molecule has 7 heteroatoms. The third-order valence-corrected chi connectivity index (χ3v) is 2.87. The van der Waals surface area contributed by atoms with E-state index in [2.05, 4.69) is 31.4 Å². The van der Waals surface area contributed by atoms with Crippen LogP contribution in [0.2, 0.25) is 0 Å². The van der Waals surface area contributed by atoms with Crippen LogP contribution in [0.25, 0.3) is 16.1 Å². The number of hydroxylamine groups is 1. The van der Waals surface area contributed by atoms with Crippen LogP contribution in [0.15, 0.2) is 33.9 Å². The van der Waals surface area contributed by atoms with Crippen molar-refractivity contribution in [3.63, 3.8) is 0 Å². The Morgan fingerprint density at radius 2 is 2.41 bits per heavy atom. The van der Waals surface area contributed by atoms with Crippen LogP contribution in [0.1, 0.15) is 5.56 Å². The third-order valence-electron chi connectivity index (χ3n) is 2.23. The Hall–Kier alpha value is -1.56. The van der Waals surface area contributed by atoms with Gasteiger partial charge in [-0.25, -0.2) is 4.39 Å². The lowest BCUT2D eigenvalue weighted by atomic mass is 10.1. The Bertz CT molecular complexity index is 513. The molecule has 0 aromatic heterocycles. The molecule has 1 atom stereocenters. The van der Waals surface area contributed by atoms with E-state index in [1.807, 2.05) is 0 Å². The molecule has 2 rings (SSSR count). The summed E-state index contributed by atoms with van der Waals surface area (Å²) in [6, 6.07) is 4.77. The summed E-state index contributed by atoms with van der Waals surface area (Å²) in [5.74, 6) is -0.344. The fourth-order valence-corrected chi connectivity index (χ4v) is 1.67. The second-order valence-corrected chi connectivity index (χ2v) is 4.24. The molecule has 0 saturated carbocycles. The topological polar surface area (TPSA) is 70.0 Å². The number of nitrogens with one attached hydrogen (secondary N) is 1. The van der Waals surface area contributed by atoms with Crippen LogP contribution in [0.3, 0.4) is 0 Å².